The van der Waals surface area contributed by atoms with Crippen molar-refractivity contribution in [3.63, 3.8) is 0 Å². The van der Waals surface area contributed by atoms with Gasteiger partial charge in [0, 0.05) is 31.2 Å². The molecule has 3 aromatic carbocycles. The van der Waals surface area contributed by atoms with Crippen LogP contribution in [0, 0.1) is 5.41 Å². The summed E-state index contributed by atoms with van der Waals surface area (Å²) in [5.41, 5.74) is 4.91. The van der Waals surface area contributed by atoms with Crippen LogP contribution in [0.15, 0.2) is 89.9 Å². The number of nitrogens with zero attached hydrogens (tertiary/aromatic N) is 5. The molecule has 2 aliphatic rings. The zero-order chi connectivity index (χ0) is 25.6. The molecule has 4 aromatic rings. The van der Waals surface area contributed by atoms with E-state index in [1.54, 1.807) is 11.9 Å². The molecule has 1 amide bonds. The minimum absolute atomic E-state index is 0.0218. The van der Waals surface area contributed by atoms with Gasteiger partial charge in [0.1, 0.15) is 11.4 Å². The predicted octanol–water partition coefficient (Wildman–Crippen LogP) is 5.63. The molecule has 186 valence electrons. The minimum atomic E-state index is -0.103. The number of hydrogen-bond acceptors (Lipinski definition) is 5. The van der Waals surface area contributed by atoms with Crippen molar-refractivity contribution in [3.8, 4) is 11.1 Å². The fraction of sp³-hybridized carbons (Fsp3) is 0.233. The number of hydrogen-bond donors (Lipinski definition) is 1. The van der Waals surface area contributed by atoms with Crippen LogP contribution in [-0.4, -0.2) is 46.7 Å². The van der Waals surface area contributed by atoms with Crippen LogP contribution in [0.4, 0.5) is 17.3 Å². The third kappa shape index (κ3) is 4.27. The Morgan fingerprint density at radius 3 is 2.24 bits per heavy atom. The molecule has 0 aliphatic carbocycles. The molecule has 7 heteroatoms. The second-order valence-electron chi connectivity index (χ2n) is 10.5. The van der Waals surface area contributed by atoms with E-state index in [2.05, 4.69) is 60.5 Å². The maximum atomic E-state index is 13.6. The highest BCUT2D eigenvalue weighted by atomic mass is 16.2. The molecular weight excluding hydrogens is 460 g/mol. The van der Waals surface area contributed by atoms with Crippen LogP contribution in [0.2, 0.25) is 0 Å². The lowest BCUT2D eigenvalue weighted by Gasteiger charge is -2.42. The average Bonchev–Trinajstić information content (AvgIpc) is 3.26. The number of guanidine groups is 1. The van der Waals surface area contributed by atoms with Gasteiger partial charge >= 0.3 is 0 Å². The lowest BCUT2D eigenvalue weighted by Crippen LogP contribution is -2.56. The second-order valence-corrected chi connectivity index (χ2v) is 10.5. The van der Waals surface area contributed by atoms with Gasteiger partial charge in [-0.3, -0.25) is 19.6 Å². The Labute approximate surface area is 217 Å². The smallest absolute Gasteiger partial charge is 0.267 e. The number of rotatable bonds is 5. The molecule has 0 fully saturated rings. The van der Waals surface area contributed by atoms with Crippen LogP contribution < -0.4 is 10.2 Å². The van der Waals surface area contributed by atoms with Gasteiger partial charge in [0.2, 0.25) is 5.96 Å². The topological polar surface area (TPSA) is 65.8 Å². The number of amides is 1. The molecule has 3 heterocycles. The van der Waals surface area contributed by atoms with E-state index in [1.807, 2.05) is 53.2 Å². The Morgan fingerprint density at radius 1 is 0.892 bits per heavy atom. The molecule has 7 nitrogen and oxygen atoms in total. The first-order valence-corrected chi connectivity index (χ1v) is 12.6. The standard InChI is InChI=1S/C30H30N6O/c1-30(2)19-31-29-34(3)28(37)25-26(32-24-12-8-5-9-13-24)36(33-27(25)35(29)20-30)18-21-14-16-23(17-15-21)22-10-6-4-7-11-22/h4-17,32H,18-20H2,1-3H3. The summed E-state index contributed by atoms with van der Waals surface area (Å²) in [6.07, 6.45) is 0. The Balaban J connectivity index is 1.42. The first kappa shape index (κ1) is 23.0. The molecule has 0 saturated heterocycles. The molecule has 0 saturated carbocycles. The van der Waals surface area contributed by atoms with E-state index in [0.717, 1.165) is 17.8 Å². The van der Waals surface area contributed by atoms with E-state index < -0.39 is 0 Å². The number of fused-ring (bicyclic) bond motifs is 3. The van der Waals surface area contributed by atoms with Crippen molar-refractivity contribution >= 4 is 29.2 Å². The van der Waals surface area contributed by atoms with Gasteiger partial charge in [-0.25, -0.2) is 4.68 Å². The molecule has 0 radical (unpaired) electrons. The van der Waals surface area contributed by atoms with Crippen LogP contribution in [0.25, 0.3) is 11.1 Å². The van der Waals surface area contributed by atoms with Gasteiger partial charge in [-0.2, -0.15) is 5.10 Å². The van der Waals surface area contributed by atoms with Crippen molar-refractivity contribution in [2.24, 2.45) is 10.4 Å². The van der Waals surface area contributed by atoms with Crippen molar-refractivity contribution in [1.29, 1.82) is 0 Å². The Morgan fingerprint density at radius 2 is 1.54 bits per heavy atom. The molecule has 1 aromatic heterocycles. The van der Waals surface area contributed by atoms with E-state index >= 15 is 0 Å². The Bertz CT molecular complexity index is 1470. The summed E-state index contributed by atoms with van der Waals surface area (Å²) in [6.45, 7) is 6.33. The third-order valence-corrected chi connectivity index (χ3v) is 6.91. The highest BCUT2D eigenvalue weighted by Crippen LogP contribution is 2.38. The molecule has 37 heavy (non-hydrogen) atoms. The Kier molecular flexibility index (Phi) is 5.56. The predicted molar refractivity (Wildman–Crippen MR) is 148 cm³/mol. The van der Waals surface area contributed by atoms with E-state index in [9.17, 15) is 4.79 Å². The van der Waals surface area contributed by atoms with E-state index in [-0.39, 0.29) is 11.3 Å². The molecule has 0 unspecified atom stereocenters. The highest BCUT2D eigenvalue weighted by Gasteiger charge is 2.43. The summed E-state index contributed by atoms with van der Waals surface area (Å²) in [4.78, 5) is 22.1. The van der Waals surface area contributed by atoms with E-state index in [1.165, 1.54) is 11.1 Å². The van der Waals surface area contributed by atoms with Crippen LogP contribution in [0.5, 0.6) is 0 Å². The SMILES string of the molecule is CN1C(=O)c2c(nn(Cc3ccc(-c4ccccc4)cc3)c2Nc2ccccc2)N2CC(C)(C)CN=C12. The number of aliphatic imine (C=N–C) groups is 1. The maximum Gasteiger partial charge on any atom is 0.267 e. The quantitative estimate of drug-likeness (QED) is 0.394. The summed E-state index contributed by atoms with van der Waals surface area (Å²) < 4.78 is 1.91. The summed E-state index contributed by atoms with van der Waals surface area (Å²) >= 11 is 0. The number of benzene rings is 3. The largest absolute Gasteiger partial charge is 0.340 e. The van der Waals surface area contributed by atoms with Gasteiger partial charge < -0.3 is 5.32 Å². The zero-order valence-corrected chi connectivity index (χ0v) is 21.3. The summed E-state index contributed by atoms with van der Waals surface area (Å²) in [5, 5.41) is 8.50. The van der Waals surface area contributed by atoms with Crippen LogP contribution in [-0.2, 0) is 6.54 Å². The van der Waals surface area contributed by atoms with Crippen LogP contribution in [0.1, 0.15) is 29.8 Å². The lowest BCUT2D eigenvalue weighted by atomic mass is 9.91. The number of carbonyl (C=O) groups is 1. The minimum Gasteiger partial charge on any atom is -0.340 e. The zero-order valence-electron chi connectivity index (χ0n) is 21.3. The monoisotopic (exact) mass is 490 g/mol. The van der Waals surface area contributed by atoms with Gasteiger partial charge in [-0.1, -0.05) is 86.6 Å². The number of carbonyl (C=O) groups excluding carboxylic acids is 1. The van der Waals surface area contributed by atoms with Crippen molar-refractivity contribution in [3.05, 3.63) is 96.1 Å². The van der Waals surface area contributed by atoms with Gasteiger partial charge in [0.15, 0.2) is 5.82 Å². The Hall–Kier alpha value is -4.39. The van der Waals surface area contributed by atoms with Crippen LogP contribution >= 0.6 is 0 Å². The fourth-order valence-electron chi connectivity index (χ4n) is 4.98. The maximum absolute atomic E-state index is 13.6. The molecule has 0 atom stereocenters. The number of para-hydroxylation sites is 1. The summed E-state index contributed by atoms with van der Waals surface area (Å²) in [5.74, 6) is 1.91. The van der Waals surface area contributed by atoms with Gasteiger partial charge in [0.25, 0.3) is 5.91 Å². The third-order valence-electron chi connectivity index (χ3n) is 6.91. The number of aromatic nitrogens is 2. The normalized spacial score (nSPS) is 16.2. The van der Waals surface area contributed by atoms with Gasteiger partial charge in [-0.15, -0.1) is 0 Å². The number of anilines is 3. The average molecular weight is 491 g/mol. The summed E-state index contributed by atoms with van der Waals surface area (Å²) in [7, 11) is 1.79. The highest BCUT2D eigenvalue weighted by molar-refractivity contribution is 6.20. The molecule has 0 spiro atoms. The van der Waals surface area contributed by atoms with Gasteiger partial charge in [0.05, 0.1) is 6.54 Å². The van der Waals surface area contributed by atoms with Crippen molar-refractivity contribution in [2.75, 3.05) is 30.4 Å². The first-order valence-electron chi connectivity index (χ1n) is 12.6. The van der Waals surface area contributed by atoms with Crippen molar-refractivity contribution in [1.82, 2.24) is 14.7 Å². The van der Waals surface area contributed by atoms with E-state index in [0.29, 0.717) is 36.2 Å². The number of nitrogens with one attached hydrogen (secondary N) is 1. The van der Waals surface area contributed by atoms with Crippen molar-refractivity contribution in [2.45, 2.75) is 20.4 Å². The summed E-state index contributed by atoms with van der Waals surface area (Å²) in [6, 6.07) is 28.8. The molecule has 0 bridgehead atoms. The van der Waals surface area contributed by atoms with E-state index in [4.69, 9.17) is 10.1 Å². The molecule has 2 aliphatic heterocycles. The van der Waals surface area contributed by atoms with Crippen molar-refractivity contribution < 1.29 is 4.79 Å². The molecule has 6 rings (SSSR count). The molecular formula is C30H30N6O. The van der Waals surface area contributed by atoms with Gasteiger partial charge in [-0.05, 0) is 28.8 Å². The van der Waals surface area contributed by atoms with Crippen LogP contribution in [0.3, 0.4) is 0 Å². The lowest BCUT2D eigenvalue weighted by molar-refractivity contribution is 0.0862. The fourth-order valence-corrected chi connectivity index (χ4v) is 4.98. The first-order chi connectivity index (χ1) is 17.9. The molecule has 1 N–H and O–H groups in total. The second kappa shape index (κ2) is 8.92.